The van der Waals surface area contributed by atoms with Crippen LogP contribution in [0.1, 0.15) is 5.56 Å². The van der Waals surface area contributed by atoms with E-state index in [0.717, 1.165) is 0 Å². The van der Waals surface area contributed by atoms with Crippen LogP contribution in [0.15, 0.2) is 41.4 Å². The number of rotatable bonds is 4. The predicted molar refractivity (Wildman–Crippen MR) is 77.9 cm³/mol. The molecule has 0 spiro atoms. The first-order valence-electron chi connectivity index (χ1n) is 5.69. The third-order valence-corrected chi connectivity index (χ3v) is 4.24. The van der Waals surface area contributed by atoms with E-state index in [0.29, 0.717) is 5.56 Å². The summed E-state index contributed by atoms with van der Waals surface area (Å²) in [7, 11) is -3.83. The average molecular weight is 328 g/mol. The minimum atomic E-state index is -3.83. The van der Waals surface area contributed by atoms with Crippen molar-refractivity contribution in [2.24, 2.45) is 0 Å². The van der Waals surface area contributed by atoms with Crippen molar-refractivity contribution in [2.45, 2.75) is 11.8 Å². The molecule has 0 unspecified atom stereocenters. The zero-order chi connectivity index (χ0) is 15.6. The van der Waals surface area contributed by atoms with Crippen LogP contribution in [0.25, 0.3) is 0 Å². The van der Waals surface area contributed by atoms with Gasteiger partial charge in [-0.2, -0.15) is 0 Å². The second-order valence-corrected chi connectivity index (χ2v) is 6.25. The third-order valence-electron chi connectivity index (χ3n) is 2.65. The lowest BCUT2D eigenvalue weighted by atomic mass is 10.2. The highest BCUT2D eigenvalue weighted by Crippen LogP contribution is 2.24. The SMILES string of the molecule is Cc1cc(NS(=O)(=O)c2ccnc(Cl)c2)ccc1[N+](=O)[O-]. The topological polar surface area (TPSA) is 102 Å². The molecule has 21 heavy (non-hydrogen) atoms. The number of aromatic nitrogens is 1. The Balaban J connectivity index is 2.33. The van der Waals surface area contributed by atoms with E-state index in [4.69, 9.17) is 11.6 Å². The van der Waals surface area contributed by atoms with Crippen LogP contribution in [-0.4, -0.2) is 18.3 Å². The molecule has 1 aromatic heterocycles. The van der Waals surface area contributed by atoms with Crippen molar-refractivity contribution in [3.8, 4) is 0 Å². The number of halogens is 1. The molecule has 2 aromatic rings. The molecule has 1 heterocycles. The Morgan fingerprint density at radius 1 is 1.29 bits per heavy atom. The van der Waals surface area contributed by atoms with Crippen LogP contribution in [0.3, 0.4) is 0 Å². The monoisotopic (exact) mass is 327 g/mol. The van der Waals surface area contributed by atoms with Gasteiger partial charge in [0.25, 0.3) is 15.7 Å². The van der Waals surface area contributed by atoms with E-state index in [1.807, 2.05) is 0 Å². The van der Waals surface area contributed by atoms with Crippen molar-refractivity contribution in [3.05, 3.63) is 57.4 Å². The largest absolute Gasteiger partial charge is 0.280 e. The standard InChI is InChI=1S/C12H10ClN3O4S/c1-8-6-9(2-3-11(8)16(17)18)15-21(19,20)10-4-5-14-12(13)7-10/h2-7,15H,1H3. The number of sulfonamides is 1. The number of hydrogen-bond donors (Lipinski definition) is 1. The number of benzene rings is 1. The minimum Gasteiger partial charge on any atom is -0.280 e. The molecule has 0 amide bonds. The molecule has 0 aliphatic heterocycles. The number of anilines is 1. The number of nitrogens with zero attached hydrogens (tertiary/aromatic N) is 2. The maximum absolute atomic E-state index is 12.2. The molecular formula is C12H10ClN3O4S. The molecule has 0 aliphatic rings. The molecule has 7 nitrogen and oxygen atoms in total. The van der Waals surface area contributed by atoms with Gasteiger partial charge in [0.05, 0.1) is 9.82 Å². The van der Waals surface area contributed by atoms with Crippen molar-refractivity contribution in [3.63, 3.8) is 0 Å². The van der Waals surface area contributed by atoms with Crippen LogP contribution in [0.5, 0.6) is 0 Å². The summed E-state index contributed by atoms with van der Waals surface area (Å²) in [4.78, 5) is 13.9. The Morgan fingerprint density at radius 2 is 2.00 bits per heavy atom. The molecule has 0 atom stereocenters. The van der Waals surface area contributed by atoms with Gasteiger partial charge in [-0.15, -0.1) is 0 Å². The van der Waals surface area contributed by atoms with Crippen LogP contribution >= 0.6 is 11.6 Å². The van der Waals surface area contributed by atoms with Gasteiger partial charge in [0.15, 0.2) is 0 Å². The molecule has 0 bridgehead atoms. The molecule has 9 heteroatoms. The van der Waals surface area contributed by atoms with E-state index in [2.05, 4.69) is 9.71 Å². The number of aryl methyl sites for hydroxylation is 1. The Morgan fingerprint density at radius 3 is 2.57 bits per heavy atom. The molecule has 1 aromatic carbocycles. The van der Waals surface area contributed by atoms with Gasteiger partial charge in [-0.1, -0.05) is 11.6 Å². The van der Waals surface area contributed by atoms with Gasteiger partial charge in [0.1, 0.15) is 5.15 Å². The van der Waals surface area contributed by atoms with E-state index in [1.165, 1.54) is 43.5 Å². The van der Waals surface area contributed by atoms with E-state index in [-0.39, 0.29) is 21.4 Å². The number of nitrogens with one attached hydrogen (secondary N) is 1. The van der Waals surface area contributed by atoms with Crippen molar-refractivity contribution < 1.29 is 13.3 Å². The molecule has 0 fully saturated rings. The lowest BCUT2D eigenvalue weighted by Crippen LogP contribution is -2.13. The van der Waals surface area contributed by atoms with Crippen molar-refractivity contribution in [1.29, 1.82) is 0 Å². The van der Waals surface area contributed by atoms with E-state index < -0.39 is 14.9 Å². The number of nitro groups is 1. The van der Waals surface area contributed by atoms with Crippen molar-refractivity contribution in [2.75, 3.05) is 4.72 Å². The highest BCUT2D eigenvalue weighted by Gasteiger charge is 2.17. The summed E-state index contributed by atoms with van der Waals surface area (Å²) in [6, 6.07) is 6.46. The van der Waals surface area contributed by atoms with Crippen LogP contribution in [0.2, 0.25) is 5.15 Å². The summed E-state index contributed by atoms with van der Waals surface area (Å²) in [6.07, 6.45) is 1.28. The second-order valence-electron chi connectivity index (χ2n) is 4.18. The smallest absolute Gasteiger partial charge is 0.272 e. The van der Waals surface area contributed by atoms with Crippen LogP contribution in [-0.2, 0) is 10.0 Å². The first-order valence-corrected chi connectivity index (χ1v) is 7.55. The normalized spacial score (nSPS) is 11.1. The third kappa shape index (κ3) is 3.47. The van der Waals surface area contributed by atoms with Gasteiger partial charge in [0.2, 0.25) is 0 Å². The van der Waals surface area contributed by atoms with Gasteiger partial charge in [-0.3, -0.25) is 14.8 Å². The maximum atomic E-state index is 12.2. The Labute approximate surface area is 125 Å². The molecular weight excluding hydrogens is 318 g/mol. The quantitative estimate of drug-likeness (QED) is 0.528. The van der Waals surface area contributed by atoms with Crippen molar-refractivity contribution >= 4 is 33.0 Å². The zero-order valence-corrected chi connectivity index (χ0v) is 12.4. The van der Waals surface area contributed by atoms with Gasteiger partial charge in [-0.25, -0.2) is 13.4 Å². The lowest BCUT2D eigenvalue weighted by molar-refractivity contribution is -0.385. The minimum absolute atomic E-state index is 0.0431. The summed E-state index contributed by atoms with van der Waals surface area (Å²) in [5.74, 6) is 0. The molecule has 2 rings (SSSR count). The highest BCUT2D eigenvalue weighted by molar-refractivity contribution is 7.92. The fourth-order valence-corrected chi connectivity index (χ4v) is 2.99. The summed E-state index contributed by atoms with van der Waals surface area (Å²) < 4.78 is 26.6. The zero-order valence-electron chi connectivity index (χ0n) is 10.8. The van der Waals surface area contributed by atoms with Crippen LogP contribution in [0, 0.1) is 17.0 Å². The fourth-order valence-electron chi connectivity index (χ4n) is 1.69. The summed E-state index contributed by atoms with van der Waals surface area (Å²) in [6.45, 7) is 1.53. The predicted octanol–water partition coefficient (Wildman–Crippen LogP) is 2.75. The molecule has 1 N–H and O–H groups in total. The van der Waals surface area contributed by atoms with Crippen molar-refractivity contribution in [1.82, 2.24) is 4.98 Å². The van der Waals surface area contributed by atoms with Gasteiger partial charge in [-0.05, 0) is 31.2 Å². The number of nitro benzene ring substituents is 1. The van der Waals surface area contributed by atoms with E-state index >= 15 is 0 Å². The molecule has 0 saturated carbocycles. The molecule has 110 valence electrons. The molecule has 0 radical (unpaired) electrons. The number of pyridine rings is 1. The van der Waals surface area contributed by atoms with Gasteiger partial charge in [0, 0.05) is 23.5 Å². The summed E-state index contributed by atoms with van der Waals surface area (Å²) >= 11 is 5.66. The average Bonchev–Trinajstić information content (AvgIpc) is 2.37. The van der Waals surface area contributed by atoms with Gasteiger partial charge < -0.3 is 0 Å². The Kier molecular flexibility index (Phi) is 4.10. The van der Waals surface area contributed by atoms with E-state index in [1.54, 1.807) is 0 Å². The summed E-state index contributed by atoms with van der Waals surface area (Å²) in [5.41, 5.74) is 0.504. The fraction of sp³-hybridized carbons (Fsp3) is 0.0833. The van der Waals surface area contributed by atoms with Crippen LogP contribution < -0.4 is 4.72 Å². The first kappa shape index (κ1) is 15.2. The summed E-state index contributed by atoms with van der Waals surface area (Å²) in [5, 5.41) is 10.8. The number of hydrogen-bond acceptors (Lipinski definition) is 5. The molecule has 0 saturated heterocycles. The first-order chi connectivity index (χ1) is 9.79. The van der Waals surface area contributed by atoms with Crippen LogP contribution in [0.4, 0.5) is 11.4 Å². The highest BCUT2D eigenvalue weighted by atomic mass is 35.5. The lowest BCUT2D eigenvalue weighted by Gasteiger charge is -2.09. The molecule has 0 aliphatic carbocycles. The van der Waals surface area contributed by atoms with E-state index in [9.17, 15) is 18.5 Å². The Bertz CT molecular complexity index is 808. The second kappa shape index (κ2) is 5.66. The van der Waals surface area contributed by atoms with Gasteiger partial charge >= 0.3 is 0 Å². The Hall–Kier alpha value is -2.19. The maximum Gasteiger partial charge on any atom is 0.272 e.